The fraction of sp³-hybridized carbons (Fsp3) is 1.00. The lowest BCUT2D eigenvalue weighted by Crippen LogP contribution is -2.44. The minimum Gasteiger partial charge on any atom is -0.329 e. The molecule has 0 aromatic rings. The van der Waals surface area contributed by atoms with E-state index in [-0.39, 0.29) is 5.54 Å². The molecule has 2 aliphatic carbocycles. The van der Waals surface area contributed by atoms with Gasteiger partial charge in [0.15, 0.2) is 0 Å². The first-order valence-electron chi connectivity index (χ1n) is 6.27. The Hall–Kier alpha value is -0.130. The van der Waals surface area contributed by atoms with Gasteiger partial charge in [0.2, 0.25) is 10.0 Å². The molecule has 0 aromatic heterocycles. The van der Waals surface area contributed by atoms with Crippen molar-refractivity contribution in [2.75, 3.05) is 12.3 Å². The van der Waals surface area contributed by atoms with Gasteiger partial charge in [-0.25, -0.2) is 13.1 Å². The fourth-order valence-electron chi connectivity index (χ4n) is 2.53. The molecule has 94 valence electrons. The highest BCUT2D eigenvalue weighted by Gasteiger charge is 2.44. The Morgan fingerprint density at radius 2 is 1.81 bits per heavy atom. The van der Waals surface area contributed by atoms with Crippen molar-refractivity contribution in [1.82, 2.24) is 4.72 Å². The van der Waals surface area contributed by atoms with Crippen molar-refractivity contribution >= 4 is 10.0 Å². The largest absolute Gasteiger partial charge is 0.329 e. The van der Waals surface area contributed by atoms with E-state index in [1.807, 2.05) is 0 Å². The van der Waals surface area contributed by atoms with E-state index in [4.69, 9.17) is 5.73 Å². The van der Waals surface area contributed by atoms with Crippen LogP contribution in [0.15, 0.2) is 0 Å². The number of nitrogens with two attached hydrogens (primary N) is 1. The summed E-state index contributed by atoms with van der Waals surface area (Å²) in [6.45, 7) is 0.427. The van der Waals surface area contributed by atoms with Crippen molar-refractivity contribution in [3.05, 3.63) is 0 Å². The molecule has 3 N–H and O–H groups in total. The maximum Gasteiger partial charge on any atom is 0.212 e. The van der Waals surface area contributed by atoms with Crippen LogP contribution in [-0.4, -0.2) is 26.3 Å². The molecule has 0 amide bonds. The summed E-state index contributed by atoms with van der Waals surface area (Å²) >= 11 is 0. The van der Waals surface area contributed by atoms with Gasteiger partial charge in [0.05, 0.1) is 5.75 Å². The van der Waals surface area contributed by atoms with E-state index < -0.39 is 10.0 Å². The van der Waals surface area contributed by atoms with E-state index in [0.29, 0.717) is 18.2 Å². The Kier molecular flexibility index (Phi) is 3.56. The average Bonchev–Trinajstić information content (AvgIpc) is 2.98. The van der Waals surface area contributed by atoms with Crippen molar-refractivity contribution in [1.29, 1.82) is 0 Å². The predicted molar refractivity (Wildman–Crippen MR) is 64.5 cm³/mol. The molecule has 16 heavy (non-hydrogen) atoms. The lowest BCUT2D eigenvalue weighted by atomic mass is 9.91. The molecule has 5 heteroatoms. The third kappa shape index (κ3) is 3.18. The van der Waals surface area contributed by atoms with Gasteiger partial charge in [-0.05, 0) is 31.6 Å². The predicted octanol–water partition coefficient (Wildman–Crippen LogP) is 0.977. The van der Waals surface area contributed by atoms with E-state index in [9.17, 15) is 8.42 Å². The van der Waals surface area contributed by atoms with Crippen molar-refractivity contribution in [3.8, 4) is 0 Å². The summed E-state index contributed by atoms with van der Waals surface area (Å²) in [6.07, 6.45) is 7.55. The van der Waals surface area contributed by atoms with Gasteiger partial charge in [0, 0.05) is 12.1 Å². The van der Waals surface area contributed by atoms with Gasteiger partial charge in [-0.1, -0.05) is 19.3 Å². The molecule has 4 nitrogen and oxygen atoms in total. The standard InChI is InChI=1S/C11H22N2O2S/c12-9-11(6-7-11)13-16(14,15)8-10-4-2-1-3-5-10/h10,13H,1-9,12H2. The summed E-state index contributed by atoms with van der Waals surface area (Å²) in [7, 11) is -3.12. The zero-order chi connectivity index (χ0) is 11.6. The van der Waals surface area contributed by atoms with Gasteiger partial charge in [0.1, 0.15) is 0 Å². The Bertz CT molecular complexity index is 330. The smallest absolute Gasteiger partial charge is 0.212 e. The quantitative estimate of drug-likeness (QED) is 0.759. The van der Waals surface area contributed by atoms with Gasteiger partial charge in [-0.3, -0.25) is 0 Å². The lowest BCUT2D eigenvalue weighted by Gasteiger charge is -2.23. The normalized spacial score (nSPS) is 25.6. The zero-order valence-corrected chi connectivity index (χ0v) is 10.6. The highest BCUT2D eigenvalue weighted by atomic mass is 32.2. The number of hydrogen-bond donors (Lipinski definition) is 2. The summed E-state index contributed by atoms with van der Waals surface area (Å²) in [5.41, 5.74) is 5.30. The van der Waals surface area contributed by atoms with Crippen molar-refractivity contribution in [3.63, 3.8) is 0 Å². The van der Waals surface area contributed by atoms with Crippen molar-refractivity contribution < 1.29 is 8.42 Å². The first kappa shape index (κ1) is 12.3. The van der Waals surface area contributed by atoms with Crippen LogP contribution < -0.4 is 10.5 Å². The minimum absolute atomic E-state index is 0.284. The van der Waals surface area contributed by atoms with Crippen LogP contribution in [0, 0.1) is 5.92 Å². The van der Waals surface area contributed by atoms with E-state index in [1.54, 1.807) is 0 Å². The molecule has 0 spiro atoms. The fourth-order valence-corrected chi connectivity index (χ4v) is 4.52. The van der Waals surface area contributed by atoms with E-state index >= 15 is 0 Å². The Morgan fingerprint density at radius 3 is 2.31 bits per heavy atom. The summed E-state index contributed by atoms with van der Waals surface area (Å²) in [4.78, 5) is 0. The first-order valence-corrected chi connectivity index (χ1v) is 7.92. The van der Waals surface area contributed by atoms with Gasteiger partial charge in [-0.2, -0.15) is 0 Å². The lowest BCUT2D eigenvalue weighted by molar-refractivity contribution is 0.383. The Labute approximate surface area is 98.0 Å². The summed E-state index contributed by atoms with van der Waals surface area (Å²) in [5.74, 6) is 0.661. The third-order valence-corrected chi connectivity index (χ3v) is 5.45. The van der Waals surface area contributed by atoms with Crippen LogP contribution in [-0.2, 0) is 10.0 Å². The molecule has 2 fully saturated rings. The highest BCUT2D eigenvalue weighted by Crippen LogP contribution is 2.35. The summed E-state index contributed by atoms with van der Waals surface area (Å²) in [5, 5.41) is 0. The van der Waals surface area contributed by atoms with Crippen LogP contribution in [0.2, 0.25) is 0 Å². The van der Waals surface area contributed by atoms with Gasteiger partial charge >= 0.3 is 0 Å². The summed E-state index contributed by atoms with van der Waals surface area (Å²) < 4.78 is 26.7. The molecule has 0 aliphatic heterocycles. The molecule has 0 unspecified atom stereocenters. The maximum absolute atomic E-state index is 11.9. The average molecular weight is 246 g/mol. The molecule has 0 bridgehead atoms. The maximum atomic E-state index is 11.9. The molecule has 0 atom stereocenters. The van der Waals surface area contributed by atoms with Gasteiger partial charge < -0.3 is 5.73 Å². The van der Waals surface area contributed by atoms with Crippen LogP contribution in [0.25, 0.3) is 0 Å². The second-order valence-corrected chi connectivity index (χ2v) is 7.14. The minimum atomic E-state index is -3.12. The van der Waals surface area contributed by atoms with Gasteiger partial charge in [-0.15, -0.1) is 0 Å². The van der Waals surface area contributed by atoms with Crippen LogP contribution >= 0.6 is 0 Å². The summed E-state index contributed by atoms with van der Waals surface area (Å²) in [6, 6.07) is 0. The van der Waals surface area contributed by atoms with E-state index in [0.717, 1.165) is 25.7 Å². The Balaban J connectivity index is 1.87. The van der Waals surface area contributed by atoms with Crippen molar-refractivity contribution in [2.24, 2.45) is 11.7 Å². The number of hydrogen-bond acceptors (Lipinski definition) is 3. The molecule has 2 saturated carbocycles. The molecule has 0 radical (unpaired) electrons. The number of rotatable bonds is 5. The second-order valence-electron chi connectivity index (χ2n) is 5.37. The molecule has 0 heterocycles. The molecule has 0 saturated heterocycles. The van der Waals surface area contributed by atoms with E-state index in [1.165, 1.54) is 19.3 Å². The van der Waals surface area contributed by atoms with Crippen LogP contribution in [0.5, 0.6) is 0 Å². The van der Waals surface area contributed by atoms with Gasteiger partial charge in [0.25, 0.3) is 0 Å². The van der Waals surface area contributed by atoms with Crippen LogP contribution in [0.3, 0.4) is 0 Å². The highest BCUT2D eigenvalue weighted by molar-refractivity contribution is 7.89. The first-order chi connectivity index (χ1) is 7.55. The molecule has 2 rings (SSSR count). The third-order valence-electron chi connectivity index (χ3n) is 3.80. The molecular formula is C11H22N2O2S. The van der Waals surface area contributed by atoms with Crippen molar-refractivity contribution in [2.45, 2.75) is 50.5 Å². The molecule has 0 aromatic carbocycles. The zero-order valence-electron chi connectivity index (χ0n) is 9.74. The van der Waals surface area contributed by atoms with Crippen LogP contribution in [0.4, 0.5) is 0 Å². The molecular weight excluding hydrogens is 224 g/mol. The monoisotopic (exact) mass is 246 g/mol. The van der Waals surface area contributed by atoms with E-state index in [2.05, 4.69) is 4.72 Å². The number of nitrogens with one attached hydrogen (secondary N) is 1. The number of sulfonamides is 1. The molecule has 2 aliphatic rings. The topological polar surface area (TPSA) is 72.2 Å². The van der Waals surface area contributed by atoms with Crippen LogP contribution in [0.1, 0.15) is 44.9 Å². The SMILES string of the molecule is NCC1(NS(=O)(=O)CC2CCCCC2)CC1. The second kappa shape index (κ2) is 4.63. The Morgan fingerprint density at radius 1 is 1.19 bits per heavy atom.